The van der Waals surface area contributed by atoms with Crippen molar-refractivity contribution in [2.24, 2.45) is 5.73 Å². The molecule has 3 atom stereocenters. The van der Waals surface area contributed by atoms with Gasteiger partial charge >= 0.3 is 5.97 Å². The minimum Gasteiger partial charge on any atom is -0.480 e. The van der Waals surface area contributed by atoms with E-state index in [1.807, 2.05) is 0 Å². The number of carbonyl (C=O) groups excluding carboxylic acids is 3. The number of hydrogen-bond donors (Lipinski definition) is 6. The number of aromatic amines is 1. The highest BCUT2D eigenvalue weighted by Crippen LogP contribution is 2.07. The van der Waals surface area contributed by atoms with Crippen LogP contribution in [0.1, 0.15) is 25.0 Å². The van der Waals surface area contributed by atoms with E-state index in [9.17, 15) is 19.2 Å². The molecule has 0 unspecified atom stereocenters. The molecule has 0 bridgehead atoms. The van der Waals surface area contributed by atoms with Crippen molar-refractivity contribution in [3.63, 3.8) is 0 Å². The topological polar surface area (TPSA) is 179 Å². The lowest BCUT2D eigenvalue weighted by Gasteiger charge is -2.22. The third-order valence-corrected chi connectivity index (χ3v) is 4.01. The molecule has 0 saturated carbocycles. The molecule has 0 radical (unpaired) electrons. The van der Waals surface area contributed by atoms with Gasteiger partial charge in [0.05, 0.1) is 18.8 Å². The maximum absolute atomic E-state index is 12.5. The van der Waals surface area contributed by atoms with Crippen molar-refractivity contribution >= 4 is 23.7 Å². The third kappa shape index (κ3) is 5.55. The van der Waals surface area contributed by atoms with Gasteiger partial charge in [-0.3, -0.25) is 14.4 Å². The number of nitrogens with one attached hydrogen (secondary N) is 4. The van der Waals surface area contributed by atoms with Gasteiger partial charge in [-0.1, -0.05) is 0 Å². The molecule has 0 spiro atoms. The molecule has 1 aromatic heterocycles. The molecular weight excluding hydrogens is 344 g/mol. The van der Waals surface area contributed by atoms with Crippen LogP contribution in [0.4, 0.5) is 0 Å². The Kier molecular flexibility index (Phi) is 6.67. The zero-order chi connectivity index (χ0) is 19.1. The smallest absolute Gasteiger partial charge is 0.326 e. The van der Waals surface area contributed by atoms with Gasteiger partial charge in [0.2, 0.25) is 17.7 Å². The van der Waals surface area contributed by atoms with Gasteiger partial charge < -0.3 is 31.8 Å². The number of primary amides is 1. The maximum atomic E-state index is 12.5. The Labute approximate surface area is 149 Å². The van der Waals surface area contributed by atoms with Gasteiger partial charge in [0.15, 0.2) is 0 Å². The van der Waals surface area contributed by atoms with Crippen LogP contribution in [0.3, 0.4) is 0 Å². The molecule has 2 rings (SSSR count). The lowest BCUT2D eigenvalue weighted by Crippen LogP contribution is -2.55. The summed E-state index contributed by atoms with van der Waals surface area (Å²) >= 11 is 0. The molecular formula is C15H22N6O5. The Morgan fingerprint density at radius 1 is 1.31 bits per heavy atom. The van der Waals surface area contributed by atoms with Crippen molar-refractivity contribution in [1.29, 1.82) is 0 Å². The number of hydrogen-bond acceptors (Lipinski definition) is 6. The summed E-state index contributed by atoms with van der Waals surface area (Å²) in [7, 11) is 0. The van der Waals surface area contributed by atoms with E-state index in [4.69, 9.17) is 10.8 Å². The SMILES string of the molecule is NC(=O)C[C@H](NC(=O)[C@H](Cc1cnc[nH]1)NC(=O)[C@@H]1CCCN1)C(=O)O. The minimum absolute atomic E-state index is 0.0905. The Balaban J connectivity index is 2.07. The first kappa shape index (κ1) is 19.4. The molecule has 1 aliphatic heterocycles. The Morgan fingerprint density at radius 3 is 2.62 bits per heavy atom. The summed E-state index contributed by atoms with van der Waals surface area (Å²) in [6.45, 7) is 0.717. The van der Waals surface area contributed by atoms with E-state index in [0.717, 1.165) is 13.0 Å². The summed E-state index contributed by atoms with van der Waals surface area (Å²) in [6, 6.07) is -2.89. The summed E-state index contributed by atoms with van der Waals surface area (Å²) in [6.07, 6.45) is 3.98. The number of aliphatic carboxylic acids is 1. The molecule has 3 amide bonds. The monoisotopic (exact) mass is 366 g/mol. The van der Waals surface area contributed by atoms with Gasteiger partial charge in [-0.15, -0.1) is 0 Å². The maximum Gasteiger partial charge on any atom is 0.326 e. The van der Waals surface area contributed by atoms with Crippen LogP contribution >= 0.6 is 0 Å². The predicted molar refractivity (Wildman–Crippen MR) is 88.6 cm³/mol. The normalized spacial score (nSPS) is 18.7. The van der Waals surface area contributed by atoms with E-state index < -0.39 is 42.3 Å². The Morgan fingerprint density at radius 2 is 2.08 bits per heavy atom. The fourth-order valence-electron chi connectivity index (χ4n) is 2.68. The van der Waals surface area contributed by atoms with Crippen LogP contribution in [0, 0.1) is 0 Å². The number of carboxylic acid groups (broad SMARTS) is 1. The van der Waals surface area contributed by atoms with Crippen molar-refractivity contribution in [1.82, 2.24) is 25.9 Å². The number of amides is 3. The summed E-state index contributed by atoms with van der Waals surface area (Å²) in [5.74, 6) is -3.31. The van der Waals surface area contributed by atoms with Crippen molar-refractivity contribution < 1.29 is 24.3 Å². The highest BCUT2D eigenvalue weighted by molar-refractivity contribution is 5.93. The highest BCUT2D eigenvalue weighted by Gasteiger charge is 2.30. The molecule has 1 aliphatic rings. The molecule has 1 saturated heterocycles. The first-order chi connectivity index (χ1) is 12.4. The van der Waals surface area contributed by atoms with Crippen LogP contribution in [0.2, 0.25) is 0 Å². The molecule has 1 fully saturated rings. The molecule has 11 nitrogen and oxygen atoms in total. The van der Waals surface area contributed by atoms with Gasteiger partial charge in [0.25, 0.3) is 0 Å². The standard InChI is InChI=1S/C15H22N6O5/c16-12(22)5-11(15(25)26)21-14(24)10(4-8-6-17-7-19-8)20-13(23)9-2-1-3-18-9/h6-7,9-11,18H,1-5H2,(H2,16,22)(H,17,19)(H,20,23)(H,21,24)(H,25,26)/t9-,10-,11-/m0/s1. The molecule has 1 aromatic rings. The molecule has 0 aliphatic carbocycles. The van der Waals surface area contributed by atoms with Crippen molar-refractivity contribution in [3.05, 3.63) is 18.2 Å². The van der Waals surface area contributed by atoms with E-state index in [1.165, 1.54) is 12.5 Å². The fraction of sp³-hybridized carbons (Fsp3) is 0.533. The average Bonchev–Trinajstić information content (AvgIpc) is 3.26. The quantitative estimate of drug-likeness (QED) is 0.283. The summed E-state index contributed by atoms with van der Waals surface area (Å²) < 4.78 is 0. The number of carboxylic acids is 1. The van der Waals surface area contributed by atoms with E-state index in [0.29, 0.717) is 12.1 Å². The van der Waals surface area contributed by atoms with Gasteiger partial charge in [0.1, 0.15) is 12.1 Å². The number of H-pyrrole nitrogens is 1. The Hall–Kier alpha value is -2.95. The average molecular weight is 366 g/mol. The largest absolute Gasteiger partial charge is 0.480 e. The van der Waals surface area contributed by atoms with Gasteiger partial charge in [-0.2, -0.15) is 0 Å². The second kappa shape index (κ2) is 8.94. The van der Waals surface area contributed by atoms with Crippen molar-refractivity contribution in [2.75, 3.05) is 6.54 Å². The number of nitrogens with two attached hydrogens (primary N) is 1. The number of aromatic nitrogens is 2. The van der Waals surface area contributed by atoms with Crippen LogP contribution in [0.25, 0.3) is 0 Å². The first-order valence-electron chi connectivity index (χ1n) is 8.19. The zero-order valence-corrected chi connectivity index (χ0v) is 14.0. The summed E-state index contributed by atoms with van der Waals surface area (Å²) in [5, 5.41) is 17.0. The fourth-order valence-corrected chi connectivity index (χ4v) is 2.68. The summed E-state index contributed by atoms with van der Waals surface area (Å²) in [4.78, 5) is 53.7. The lowest BCUT2D eigenvalue weighted by molar-refractivity contribution is -0.143. The van der Waals surface area contributed by atoms with E-state index >= 15 is 0 Å². The number of imidazole rings is 1. The summed E-state index contributed by atoms with van der Waals surface area (Å²) in [5.41, 5.74) is 5.60. The highest BCUT2D eigenvalue weighted by atomic mass is 16.4. The lowest BCUT2D eigenvalue weighted by atomic mass is 10.1. The molecule has 142 valence electrons. The number of nitrogens with zero attached hydrogens (tertiary/aromatic N) is 1. The second-order valence-corrected chi connectivity index (χ2v) is 6.06. The number of carbonyl (C=O) groups is 4. The van der Waals surface area contributed by atoms with Crippen LogP contribution in [-0.2, 0) is 25.6 Å². The van der Waals surface area contributed by atoms with E-state index in [1.54, 1.807) is 0 Å². The molecule has 7 N–H and O–H groups in total. The van der Waals surface area contributed by atoms with Crippen LogP contribution < -0.4 is 21.7 Å². The predicted octanol–water partition coefficient (Wildman–Crippen LogP) is -2.37. The van der Waals surface area contributed by atoms with Crippen molar-refractivity contribution in [3.8, 4) is 0 Å². The van der Waals surface area contributed by atoms with Gasteiger partial charge in [-0.05, 0) is 19.4 Å². The van der Waals surface area contributed by atoms with Gasteiger partial charge in [-0.25, -0.2) is 9.78 Å². The Bertz CT molecular complexity index is 655. The number of rotatable bonds is 9. The van der Waals surface area contributed by atoms with Gasteiger partial charge in [0, 0.05) is 18.3 Å². The molecule has 26 heavy (non-hydrogen) atoms. The van der Waals surface area contributed by atoms with Crippen molar-refractivity contribution in [2.45, 2.75) is 43.8 Å². The molecule has 0 aromatic carbocycles. The van der Waals surface area contributed by atoms with Crippen LogP contribution in [0.15, 0.2) is 12.5 Å². The van der Waals surface area contributed by atoms with E-state index in [2.05, 4.69) is 25.9 Å². The second-order valence-electron chi connectivity index (χ2n) is 6.06. The van der Waals surface area contributed by atoms with Crippen LogP contribution in [-0.4, -0.2) is 63.4 Å². The van der Waals surface area contributed by atoms with E-state index in [-0.39, 0.29) is 12.3 Å². The minimum atomic E-state index is -1.47. The zero-order valence-electron chi connectivity index (χ0n) is 14.0. The third-order valence-electron chi connectivity index (χ3n) is 4.01. The molecule has 11 heteroatoms. The van der Waals surface area contributed by atoms with Crippen LogP contribution in [0.5, 0.6) is 0 Å². The molecule has 2 heterocycles. The first-order valence-corrected chi connectivity index (χ1v) is 8.19.